The van der Waals surface area contributed by atoms with Crippen molar-refractivity contribution >= 4 is 11.9 Å². The number of amides is 1. The van der Waals surface area contributed by atoms with Gasteiger partial charge in [-0.1, -0.05) is 30.3 Å². The zero-order valence-corrected chi connectivity index (χ0v) is 15.8. The van der Waals surface area contributed by atoms with Gasteiger partial charge in [-0.2, -0.15) is 5.10 Å². The van der Waals surface area contributed by atoms with Crippen LogP contribution in [-0.4, -0.2) is 59.0 Å². The van der Waals surface area contributed by atoms with Crippen LogP contribution < -0.4 is 4.90 Å². The van der Waals surface area contributed by atoms with Crippen molar-refractivity contribution < 1.29 is 9.53 Å². The number of piperazine rings is 1. The van der Waals surface area contributed by atoms with Crippen LogP contribution in [0, 0.1) is 0 Å². The molecule has 7 nitrogen and oxygen atoms in total. The van der Waals surface area contributed by atoms with E-state index in [1.165, 1.54) is 0 Å². The van der Waals surface area contributed by atoms with Crippen molar-refractivity contribution in [1.29, 1.82) is 0 Å². The number of anilines is 1. The maximum Gasteiger partial charge on any atom is 0.409 e. The number of pyridine rings is 1. The second-order valence-corrected chi connectivity index (χ2v) is 6.57. The first-order valence-electron chi connectivity index (χ1n) is 9.48. The van der Waals surface area contributed by atoms with Crippen LogP contribution in [0.5, 0.6) is 0 Å². The summed E-state index contributed by atoms with van der Waals surface area (Å²) >= 11 is 0. The Morgan fingerprint density at radius 1 is 1.04 bits per heavy atom. The van der Waals surface area contributed by atoms with E-state index in [1.807, 2.05) is 37.3 Å². The van der Waals surface area contributed by atoms with Crippen LogP contribution >= 0.6 is 0 Å². The average molecular weight is 377 g/mol. The van der Waals surface area contributed by atoms with E-state index in [2.05, 4.69) is 32.2 Å². The molecule has 3 heterocycles. The predicted molar refractivity (Wildman–Crippen MR) is 108 cm³/mol. The molecule has 1 amide bonds. The number of carbonyl (C=O) groups excluding carboxylic acids is 1. The Hall–Kier alpha value is -3.35. The third-order valence-electron chi connectivity index (χ3n) is 4.88. The van der Waals surface area contributed by atoms with E-state index in [4.69, 9.17) is 4.74 Å². The van der Waals surface area contributed by atoms with Crippen LogP contribution in [0.1, 0.15) is 6.92 Å². The van der Waals surface area contributed by atoms with Gasteiger partial charge < -0.3 is 14.5 Å². The maximum atomic E-state index is 12.0. The lowest BCUT2D eigenvalue weighted by atomic mass is 10.0. The number of hydrogen-bond acceptors (Lipinski definition) is 5. The number of hydrogen-bond donors (Lipinski definition) is 1. The number of nitrogens with one attached hydrogen (secondary N) is 1. The van der Waals surface area contributed by atoms with Crippen LogP contribution in [0.4, 0.5) is 10.6 Å². The minimum absolute atomic E-state index is 0.247. The van der Waals surface area contributed by atoms with Gasteiger partial charge in [0, 0.05) is 44.1 Å². The van der Waals surface area contributed by atoms with Gasteiger partial charge in [-0.15, -0.1) is 0 Å². The van der Waals surface area contributed by atoms with E-state index < -0.39 is 0 Å². The van der Waals surface area contributed by atoms with Crippen molar-refractivity contribution in [3.63, 3.8) is 0 Å². The fourth-order valence-corrected chi connectivity index (χ4v) is 3.48. The van der Waals surface area contributed by atoms with Gasteiger partial charge in [-0.05, 0) is 24.6 Å². The van der Waals surface area contributed by atoms with Crippen LogP contribution in [0.2, 0.25) is 0 Å². The van der Waals surface area contributed by atoms with Crippen LogP contribution in [-0.2, 0) is 4.74 Å². The van der Waals surface area contributed by atoms with Crippen LogP contribution in [0.3, 0.4) is 0 Å². The molecule has 0 aliphatic carbocycles. The standard InChI is InChI=1S/C21H23N5O2/c1-2-28-21(27)26-14-12-25(13-15-26)20-18(16-8-10-22-11-9-16)19(23-24-20)17-6-4-3-5-7-17/h3-11H,2,12-15H2,1H3,(H,23,24). The molecule has 4 rings (SSSR count). The highest BCUT2D eigenvalue weighted by atomic mass is 16.6. The molecule has 3 aromatic rings. The molecule has 1 N–H and O–H groups in total. The Morgan fingerprint density at radius 2 is 1.75 bits per heavy atom. The van der Waals surface area contributed by atoms with Crippen molar-refractivity contribution in [3.8, 4) is 22.4 Å². The molecule has 0 saturated carbocycles. The Labute approximate surface area is 164 Å². The molecule has 0 unspecified atom stereocenters. The summed E-state index contributed by atoms with van der Waals surface area (Å²) in [5.74, 6) is 0.897. The summed E-state index contributed by atoms with van der Waals surface area (Å²) in [6, 6.07) is 14.2. The lowest BCUT2D eigenvalue weighted by Gasteiger charge is -2.34. The third kappa shape index (κ3) is 3.55. The summed E-state index contributed by atoms with van der Waals surface area (Å²) in [6.07, 6.45) is 3.34. The highest BCUT2D eigenvalue weighted by Crippen LogP contribution is 2.37. The number of aromatic amines is 1. The minimum atomic E-state index is -0.247. The van der Waals surface area contributed by atoms with Gasteiger partial charge in [0.15, 0.2) is 5.82 Å². The van der Waals surface area contributed by atoms with Crippen LogP contribution in [0.25, 0.3) is 22.4 Å². The molecule has 0 radical (unpaired) electrons. The molecule has 0 spiro atoms. The van der Waals surface area contributed by atoms with Gasteiger partial charge in [0.25, 0.3) is 0 Å². The third-order valence-corrected chi connectivity index (χ3v) is 4.88. The van der Waals surface area contributed by atoms with E-state index in [-0.39, 0.29) is 6.09 Å². The number of ether oxygens (including phenoxy) is 1. The first-order chi connectivity index (χ1) is 13.8. The fraction of sp³-hybridized carbons (Fsp3) is 0.286. The van der Waals surface area contributed by atoms with Gasteiger partial charge in [0.05, 0.1) is 17.9 Å². The van der Waals surface area contributed by atoms with Gasteiger partial charge in [0.1, 0.15) is 0 Å². The average Bonchev–Trinajstić information content (AvgIpc) is 3.20. The molecule has 1 saturated heterocycles. The summed E-state index contributed by atoms with van der Waals surface area (Å²) in [5, 5.41) is 7.87. The summed E-state index contributed by atoms with van der Waals surface area (Å²) in [7, 11) is 0. The van der Waals surface area contributed by atoms with E-state index in [0.717, 1.165) is 28.2 Å². The fourth-order valence-electron chi connectivity index (χ4n) is 3.48. The first-order valence-corrected chi connectivity index (χ1v) is 9.48. The minimum Gasteiger partial charge on any atom is -0.450 e. The predicted octanol–water partition coefficient (Wildman–Crippen LogP) is 3.42. The monoisotopic (exact) mass is 377 g/mol. The molecule has 1 aromatic carbocycles. The number of H-pyrrole nitrogens is 1. The van der Waals surface area contributed by atoms with Crippen molar-refractivity contribution in [2.75, 3.05) is 37.7 Å². The Morgan fingerprint density at radius 3 is 2.43 bits per heavy atom. The number of aromatic nitrogens is 3. The molecule has 1 aliphatic rings. The molecule has 1 fully saturated rings. The lowest BCUT2D eigenvalue weighted by molar-refractivity contribution is 0.105. The SMILES string of the molecule is CCOC(=O)N1CCN(c2n[nH]c(-c3ccccc3)c2-c2ccncc2)CC1. The molecule has 144 valence electrons. The van der Waals surface area contributed by atoms with Crippen molar-refractivity contribution in [1.82, 2.24) is 20.1 Å². The normalized spacial score (nSPS) is 14.2. The maximum absolute atomic E-state index is 12.0. The zero-order chi connectivity index (χ0) is 19.3. The molecule has 2 aromatic heterocycles. The topological polar surface area (TPSA) is 74.3 Å². The summed E-state index contributed by atoms with van der Waals surface area (Å²) in [5.41, 5.74) is 4.18. The Balaban J connectivity index is 1.65. The van der Waals surface area contributed by atoms with Gasteiger partial charge >= 0.3 is 6.09 Å². The summed E-state index contributed by atoms with van der Waals surface area (Å²) in [4.78, 5) is 20.1. The molecule has 7 heteroatoms. The molecule has 0 bridgehead atoms. The van der Waals surface area contributed by atoms with Crippen molar-refractivity contribution in [3.05, 3.63) is 54.9 Å². The highest BCUT2D eigenvalue weighted by Gasteiger charge is 2.27. The number of nitrogens with zero attached hydrogens (tertiary/aromatic N) is 4. The Kier molecular flexibility index (Phi) is 5.23. The first kappa shape index (κ1) is 18.0. The molecular formula is C21H23N5O2. The number of rotatable bonds is 4. The van der Waals surface area contributed by atoms with Crippen LogP contribution in [0.15, 0.2) is 54.9 Å². The number of carbonyl (C=O) groups is 1. The molecule has 1 aliphatic heterocycles. The largest absolute Gasteiger partial charge is 0.450 e. The summed E-state index contributed by atoms with van der Waals surface area (Å²) in [6.45, 7) is 4.85. The number of benzene rings is 1. The smallest absolute Gasteiger partial charge is 0.409 e. The second kappa shape index (κ2) is 8.12. The quantitative estimate of drug-likeness (QED) is 0.754. The molecule has 0 atom stereocenters. The lowest BCUT2D eigenvalue weighted by Crippen LogP contribution is -2.49. The zero-order valence-electron chi connectivity index (χ0n) is 15.8. The van der Waals surface area contributed by atoms with E-state index in [0.29, 0.717) is 32.8 Å². The second-order valence-electron chi connectivity index (χ2n) is 6.57. The van der Waals surface area contributed by atoms with Gasteiger partial charge in [-0.3, -0.25) is 10.1 Å². The van der Waals surface area contributed by atoms with Gasteiger partial charge in [-0.25, -0.2) is 4.79 Å². The van der Waals surface area contributed by atoms with Crippen molar-refractivity contribution in [2.45, 2.75) is 6.92 Å². The van der Waals surface area contributed by atoms with E-state index in [9.17, 15) is 4.79 Å². The summed E-state index contributed by atoms with van der Waals surface area (Å²) < 4.78 is 5.12. The molecular weight excluding hydrogens is 354 g/mol. The van der Waals surface area contributed by atoms with E-state index >= 15 is 0 Å². The highest BCUT2D eigenvalue weighted by molar-refractivity contribution is 5.89. The van der Waals surface area contributed by atoms with Gasteiger partial charge in [0.2, 0.25) is 0 Å². The van der Waals surface area contributed by atoms with E-state index in [1.54, 1.807) is 17.3 Å². The molecule has 28 heavy (non-hydrogen) atoms. The Bertz CT molecular complexity index is 918. The van der Waals surface area contributed by atoms with Crippen molar-refractivity contribution in [2.24, 2.45) is 0 Å².